The second kappa shape index (κ2) is 9.26. The highest BCUT2D eigenvalue weighted by atomic mass is 16.5. The molecule has 0 bridgehead atoms. The van der Waals surface area contributed by atoms with Gasteiger partial charge in [0.2, 0.25) is 0 Å². The number of nitrogens with one attached hydrogen (secondary N) is 1. The smallest absolute Gasteiger partial charge is 0.336 e. The molecule has 1 heterocycles. The molecule has 0 aliphatic carbocycles. The van der Waals surface area contributed by atoms with E-state index in [4.69, 9.17) is 9.15 Å². The van der Waals surface area contributed by atoms with Crippen molar-refractivity contribution in [2.45, 2.75) is 38.8 Å². The Labute approximate surface area is 173 Å². The van der Waals surface area contributed by atoms with Crippen molar-refractivity contribution in [1.29, 1.82) is 0 Å². The molecule has 156 valence electrons. The Balaban J connectivity index is 1.77. The number of aryl methyl sites for hydroxylation is 1. The third-order valence-electron chi connectivity index (χ3n) is 4.67. The van der Waals surface area contributed by atoms with Crippen LogP contribution in [0.25, 0.3) is 11.0 Å². The minimum Gasteiger partial charge on any atom is -0.481 e. The molecule has 0 spiro atoms. The van der Waals surface area contributed by atoms with Crippen LogP contribution in [0.15, 0.2) is 63.8 Å². The molecule has 3 rings (SSSR count). The summed E-state index contributed by atoms with van der Waals surface area (Å²) in [5.41, 5.74) is 1.29. The van der Waals surface area contributed by atoms with Crippen LogP contribution in [0.4, 0.5) is 0 Å². The summed E-state index contributed by atoms with van der Waals surface area (Å²) in [6, 6.07) is 13.8. The summed E-state index contributed by atoms with van der Waals surface area (Å²) in [4.78, 5) is 35.9. The number of aliphatic carboxylic acids is 1. The number of hydrogen-bond donors (Lipinski definition) is 2. The number of carboxylic acids is 1. The number of rotatable bonds is 8. The molecule has 0 fully saturated rings. The lowest BCUT2D eigenvalue weighted by atomic mass is 10.1. The van der Waals surface area contributed by atoms with Gasteiger partial charge in [-0.1, -0.05) is 43.7 Å². The van der Waals surface area contributed by atoms with Crippen molar-refractivity contribution in [2.24, 2.45) is 0 Å². The normalized spacial score (nSPS) is 12.9. The standard InChI is InChI=1S/C23H23NO6/c1-3-7-16-12-20(25)30-19-13-17(10-11-18(16)19)29-14(2)22(26)24-21(23(27)28)15-8-5-4-6-9-15/h4-6,8-14,21H,3,7H2,1-2H3,(H,24,26)(H,27,28)/t14-,21-/m0/s1. The number of ether oxygens (including phenoxy) is 1. The predicted molar refractivity (Wildman–Crippen MR) is 112 cm³/mol. The third kappa shape index (κ3) is 4.86. The van der Waals surface area contributed by atoms with Crippen LogP contribution >= 0.6 is 0 Å². The summed E-state index contributed by atoms with van der Waals surface area (Å²) >= 11 is 0. The zero-order valence-electron chi connectivity index (χ0n) is 16.8. The minimum atomic E-state index is -1.18. The van der Waals surface area contributed by atoms with E-state index in [9.17, 15) is 19.5 Å². The van der Waals surface area contributed by atoms with Gasteiger partial charge in [-0.2, -0.15) is 0 Å². The van der Waals surface area contributed by atoms with Crippen molar-refractivity contribution < 1.29 is 23.8 Å². The van der Waals surface area contributed by atoms with Crippen LogP contribution in [0.3, 0.4) is 0 Å². The molecule has 0 aliphatic rings. The first-order valence-corrected chi connectivity index (χ1v) is 9.70. The number of hydrogen-bond acceptors (Lipinski definition) is 5. The Morgan fingerprint density at radius 2 is 1.87 bits per heavy atom. The fraction of sp³-hybridized carbons (Fsp3) is 0.261. The van der Waals surface area contributed by atoms with E-state index in [1.165, 1.54) is 13.0 Å². The van der Waals surface area contributed by atoms with Crippen molar-refractivity contribution in [3.8, 4) is 5.75 Å². The second-order valence-corrected chi connectivity index (χ2v) is 6.95. The number of amides is 1. The van der Waals surface area contributed by atoms with Crippen molar-refractivity contribution >= 4 is 22.8 Å². The molecular weight excluding hydrogens is 386 g/mol. The van der Waals surface area contributed by atoms with Crippen molar-refractivity contribution in [1.82, 2.24) is 5.32 Å². The van der Waals surface area contributed by atoms with E-state index in [1.54, 1.807) is 48.5 Å². The topological polar surface area (TPSA) is 106 Å². The van der Waals surface area contributed by atoms with Crippen LogP contribution in [-0.4, -0.2) is 23.1 Å². The number of carbonyl (C=O) groups excluding carboxylic acids is 1. The van der Waals surface area contributed by atoms with Crippen LogP contribution in [0.1, 0.15) is 37.4 Å². The zero-order valence-corrected chi connectivity index (χ0v) is 16.8. The largest absolute Gasteiger partial charge is 0.481 e. The highest BCUT2D eigenvalue weighted by molar-refractivity contribution is 5.87. The average molecular weight is 409 g/mol. The van der Waals surface area contributed by atoms with Gasteiger partial charge >= 0.3 is 11.6 Å². The van der Waals surface area contributed by atoms with Gasteiger partial charge < -0.3 is 19.6 Å². The fourth-order valence-corrected chi connectivity index (χ4v) is 3.21. The molecule has 0 saturated carbocycles. The fourth-order valence-electron chi connectivity index (χ4n) is 3.21. The van der Waals surface area contributed by atoms with E-state index in [-0.39, 0.29) is 0 Å². The van der Waals surface area contributed by atoms with Gasteiger partial charge in [0.15, 0.2) is 12.1 Å². The number of carboxylic acid groups (broad SMARTS) is 1. The molecule has 0 unspecified atom stereocenters. The Morgan fingerprint density at radius 1 is 1.13 bits per heavy atom. The van der Waals surface area contributed by atoms with Crippen LogP contribution < -0.4 is 15.7 Å². The number of fused-ring (bicyclic) bond motifs is 1. The van der Waals surface area contributed by atoms with Crippen LogP contribution in [0.5, 0.6) is 5.75 Å². The summed E-state index contributed by atoms with van der Waals surface area (Å²) in [5.74, 6) is -1.40. The molecule has 3 aromatic rings. The highest BCUT2D eigenvalue weighted by Crippen LogP contribution is 2.24. The van der Waals surface area contributed by atoms with Gasteiger partial charge in [-0.25, -0.2) is 9.59 Å². The van der Waals surface area contributed by atoms with Crippen molar-refractivity contribution in [3.05, 3.63) is 76.1 Å². The van der Waals surface area contributed by atoms with Crippen LogP contribution in [0, 0.1) is 0 Å². The van der Waals surface area contributed by atoms with Gasteiger partial charge in [0.1, 0.15) is 11.3 Å². The molecule has 7 heteroatoms. The van der Waals surface area contributed by atoms with Crippen LogP contribution in [0.2, 0.25) is 0 Å². The van der Waals surface area contributed by atoms with Gasteiger partial charge in [-0.3, -0.25) is 4.79 Å². The molecule has 0 saturated heterocycles. The molecule has 2 N–H and O–H groups in total. The molecule has 7 nitrogen and oxygen atoms in total. The van der Waals surface area contributed by atoms with E-state index in [1.807, 2.05) is 6.92 Å². The molecule has 0 radical (unpaired) electrons. The molecule has 2 aromatic carbocycles. The van der Waals surface area contributed by atoms with Gasteiger partial charge in [0.25, 0.3) is 5.91 Å². The zero-order chi connectivity index (χ0) is 21.7. The van der Waals surface area contributed by atoms with Gasteiger partial charge in [0, 0.05) is 17.5 Å². The second-order valence-electron chi connectivity index (χ2n) is 6.95. The van der Waals surface area contributed by atoms with E-state index in [2.05, 4.69) is 5.32 Å². The van der Waals surface area contributed by atoms with E-state index >= 15 is 0 Å². The Hall–Kier alpha value is -3.61. The molecule has 0 aliphatic heterocycles. The Kier molecular flexibility index (Phi) is 6.51. The summed E-state index contributed by atoms with van der Waals surface area (Å²) in [6.07, 6.45) is 0.677. The quantitative estimate of drug-likeness (QED) is 0.552. The minimum absolute atomic E-state index is 0.341. The van der Waals surface area contributed by atoms with E-state index in [0.29, 0.717) is 16.9 Å². The molecule has 1 aromatic heterocycles. The first-order valence-electron chi connectivity index (χ1n) is 9.70. The summed E-state index contributed by atoms with van der Waals surface area (Å²) < 4.78 is 10.9. The lowest BCUT2D eigenvalue weighted by Gasteiger charge is -2.19. The maximum absolute atomic E-state index is 12.5. The Bertz CT molecular complexity index is 1110. The van der Waals surface area contributed by atoms with Gasteiger partial charge in [0.05, 0.1) is 0 Å². The molecule has 1 amide bonds. The van der Waals surface area contributed by atoms with Crippen LogP contribution in [-0.2, 0) is 16.0 Å². The van der Waals surface area contributed by atoms with E-state index < -0.39 is 29.6 Å². The summed E-state index contributed by atoms with van der Waals surface area (Å²) in [7, 11) is 0. The predicted octanol–water partition coefficient (Wildman–Crippen LogP) is 3.45. The lowest BCUT2D eigenvalue weighted by molar-refractivity contribution is -0.143. The molecule has 2 atom stereocenters. The first-order chi connectivity index (χ1) is 14.4. The number of benzene rings is 2. The van der Waals surface area contributed by atoms with Crippen molar-refractivity contribution in [3.63, 3.8) is 0 Å². The van der Waals surface area contributed by atoms with E-state index in [0.717, 1.165) is 23.8 Å². The monoisotopic (exact) mass is 409 g/mol. The Morgan fingerprint density at radius 3 is 2.53 bits per heavy atom. The maximum atomic E-state index is 12.5. The third-order valence-corrected chi connectivity index (χ3v) is 4.67. The van der Waals surface area contributed by atoms with Gasteiger partial charge in [-0.15, -0.1) is 0 Å². The first kappa shape index (κ1) is 21.1. The molecule has 30 heavy (non-hydrogen) atoms. The lowest BCUT2D eigenvalue weighted by Crippen LogP contribution is -2.41. The average Bonchev–Trinajstić information content (AvgIpc) is 2.72. The van der Waals surface area contributed by atoms with Crippen molar-refractivity contribution in [2.75, 3.05) is 0 Å². The SMILES string of the molecule is CCCc1cc(=O)oc2cc(O[C@@H](C)C(=O)N[C@H](C(=O)O)c3ccccc3)ccc12. The van der Waals surface area contributed by atoms with Gasteiger partial charge in [-0.05, 0) is 36.6 Å². The number of carbonyl (C=O) groups is 2. The highest BCUT2D eigenvalue weighted by Gasteiger charge is 2.25. The summed E-state index contributed by atoms with van der Waals surface area (Å²) in [5, 5.41) is 12.8. The maximum Gasteiger partial charge on any atom is 0.336 e. The molecular formula is C23H23NO6. The summed E-state index contributed by atoms with van der Waals surface area (Å²) in [6.45, 7) is 3.55.